The molecule has 0 N–H and O–H groups in total. The van der Waals surface area contributed by atoms with Crippen molar-refractivity contribution in [1.82, 2.24) is 9.47 Å². The van der Waals surface area contributed by atoms with E-state index < -0.39 is 15.6 Å². The fourth-order valence-corrected chi connectivity index (χ4v) is 6.23. The van der Waals surface area contributed by atoms with Gasteiger partial charge in [0.1, 0.15) is 16.3 Å². The fourth-order valence-electron chi connectivity index (χ4n) is 4.31. The Balaban J connectivity index is 2.15. The van der Waals surface area contributed by atoms with E-state index in [9.17, 15) is 13.2 Å². The maximum atomic E-state index is 13.8. The topological polar surface area (TPSA) is 71.8 Å². The number of anilines is 1. The van der Waals surface area contributed by atoms with E-state index in [2.05, 4.69) is 6.92 Å². The standard InChI is InChI=1S/C22H31N3O4S/c1-8-29-16-9-10-19-18(11-16)15(2)13-22(3,4)25(19)30(27,28)17-12-20(24(7)14-17)21(26)23(5)6/h9-12,14-15H,8,13H2,1-7H3/t15-/m0/s1. The molecule has 1 aromatic heterocycles. The lowest BCUT2D eigenvalue weighted by Gasteiger charge is -2.46. The van der Waals surface area contributed by atoms with Crippen molar-refractivity contribution in [2.75, 3.05) is 25.0 Å². The van der Waals surface area contributed by atoms with E-state index >= 15 is 0 Å². The van der Waals surface area contributed by atoms with E-state index in [0.29, 0.717) is 24.4 Å². The number of amides is 1. The first kappa shape index (κ1) is 22.2. The molecular weight excluding hydrogens is 402 g/mol. The minimum absolute atomic E-state index is 0.109. The van der Waals surface area contributed by atoms with Gasteiger partial charge in [-0.2, -0.15) is 0 Å². The zero-order valence-corrected chi connectivity index (χ0v) is 19.6. The number of ether oxygens (including phenoxy) is 1. The molecule has 0 aliphatic carbocycles. The number of hydrogen-bond acceptors (Lipinski definition) is 4. The second-order valence-electron chi connectivity index (χ2n) is 8.71. The first-order valence-corrected chi connectivity index (χ1v) is 11.5. The van der Waals surface area contributed by atoms with Gasteiger partial charge >= 0.3 is 0 Å². The van der Waals surface area contributed by atoms with Crippen LogP contribution in [0.4, 0.5) is 5.69 Å². The molecule has 0 radical (unpaired) electrons. The van der Waals surface area contributed by atoms with Crippen molar-refractivity contribution >= 4 is 21.6 Å². The monoisotopic (exact) mass is 433 g/mol. The SMILES string of the molecule is CCOc1ccc2c(c1)[C@@H](C)CC(C)(C)N2S(=O)(=O)c1cc(C(=O)N(C)C)n(C)c1. The van der Waals surface area contributed by atoms with Crippen molar-refractivity contribution in [1.29, 1.82) is 0 Å². The van der Waals surface area contributed by atoms with E-state index in [1.165, 1.54) is 21.5 Å². The molecule has 8 heteroatoms. The van der Waals surface area contributed by atoms with E-state index in [1.54, 1.807) is 25.7 Å². The van der Waals surface area contributed by atoms with Crippen LogP contribution >= 0.6 is 0 Å². The van der Waals surface area contributed by atoms with Gasteiger partial charge in [0, 0.05) is 27.3 Å². The van der Waals surface area contributed by atoms with Crippen molar-refractivity contribution in [2.45, 2.75) is 50.5 Å². The molecular formula is C22H31N3O4S. The third kappa shape index (κ3) is 3.69. The molecule has 0 fully saturated rings. The Bertz CT molecular complexity index is 1070. The summed E-state index contributed by atoms with van der Waals surface area (Å²) in [5, 5.41) is 0. The zero-order chi connectivity index (χ0) is 22.4. The summed E-state index contributed by atoms with van der Waals surface area (Å²) in [4.78, 5) is 14.0. The third-order valence-corrected chi connectivity index (χ3v) is 7.55. The second kappa shape index (κ2) is 7.65. The van der Waals surface area contributed by atoms with Crippen LogP contribution in [-0.4, -0.2) is 50.0 Å². The number of fused-ring (bicyclic) bond motifs is 1. The van der Waals surface area contributed by atoms with Gasteiger partial charge in [0.25, 0.3) is 15.9 Å². The Labute approximate surface area is 179 Å². The highest BCUT2D eigenvalue weighted by Crippen LogP contribution is 2.47. The zero-order valence-electron chi connectivity index (χ0n) is 18.8. The van der Waals surface area contributed by atoms with Crippen LogP contribution < -0.4 is 9.04 Å². The number of sulfonamides is 1. The lowest BCUT2D eigenvalue weighted by molar-refractivity contribution is 0.0818. The Morgan fingerprint density at radius 2 is 1.93 bits per heavy atom. The van der Waals surface area contributed by atoms with Gasteiger partial charge in [-0.15, -0.1) is 0 Å². The Morgan fingerprint density at radius 1 is 1.27 bits per heavy atom. The molecule has 1 aliphatic rings. The van der Waals surface area contributed by atoms with Crippen LogP contribution in [0.5, 0.6) is 5.75 Å². The maximum absolute atomic E-state index is 13.8. The van der Waals surface area contributed by atoms with Gasteiger partial charge in [0.15, 0.2) is 0 Å². The summed E-state index contributed by atoms with van der Waals surface area (Å²) in [5.41, 5.74) is 1.31. The smallest absolute Gasteiger partial charge is 0.269 e. The van der Waals surface area contributed by atoms with Crippen molar-refractivity contribution in [3.63, 3.8) is 0 Å². The summed E-state index contributed by atoms with van der Waals surface area (Å²) >= 11 is 0. The first-order chi connectivity index (χ1) is 13.9. The molecule has 30 heavy (non-hydrogen) atoms. The molecule has 0 unspecified atom stereocenters. The quantitative estimate of drug-likeness (QED) is 0.722. The molecule has 1 amide bonds. The van der Waals surface area contributed by atoms with Gasteiger partial charge < -0.3 is 14.2 Å². The van der Waals surface area contributed by atoms with Crippen LogP contribution in [0.3, 0.4) is 0 Å². The number of carbonyl (C=O) groups excluding carboxylic acids is 1. The molecule has 1 aliphatic heterocycles. The molecule has 0 saturated carbocycles. The highest BCUT2D eigenvalue weighted by molar-refractivity contribution is 7.93. The summed E-state index contributed by atoms with van der Waals surface area (Å²) in [6.45, 7) is 8.46. The van der Waals surface area contributed by atoms with E-state index in [4.69, 9.17) is 4.74 Å². The lowest BCUT2D eigenvalue weighted by atomic mass is 9.82. The predicted octanol–water partition coefficient (Wildman–Crippen LogP) is 3.61. The third-order valence-electron chi connectivity index (χ3n) is 5.56. The van der Waals surface area contributed by atoms with Gasteiger partial charge in [0.05, 0.1) is 17.8 Å². The molecule has 7 nitrogen and oxygen atoms in total. The number of aromatic nitrogens is 1. The normalized spacial score (nSPS) is 18.1. The van der Waals surface area contributed by atoms with Crippen LogP contribution in [0, 0.1) is 0 Å². The molecule has 2 heterocycles. The average Bonchev–Trinajstić information content (AvgIpc) is 3.03. The minimum atomic E-state index is -3.89. The summed E-state index contributed by atoms with van der Waals surface area (Å²) in [5.74, 6) is 0.675. The van der Waals surface area contributed by atoms with Gasteiger partial charge in [-0.05, 0) is 62.9 Å². The molecule has 1 atom stereocenters. The van der Waals surface area contributed by atoms with Crippen LogP contribution in [0.15, 0.2) is 35.4 Å². The van der Waals surface area contributed by atoms with Crippen molar-refractivity contribution in [3.05, 3.63) is 41.7 Å². The minimum Gasteiger partial charge on any atom is -0.494 e. The Hall–Kier alpha value is -2.48. The highest BCUT2D eigenvalue weighted by Gasteiger charge is 2.44. The molecule has 0 bridgehead atoms. The van der Waals surface area contributed by atoms with Crippen molar-refractivity contribution in [3.8, 4) is 5.75 Å². The lowest BCUT2D eigenvalue weighted by Crippen LogP contribution is -2.51. The molecule has 3 rings (SSSR count). The van der Waals surface area contributed by atoms with Crippen LogP contribution in [0.1, 0.15) is 56.1 Å². The first-order valence-electron chi connectivity index (χ1n) is 10.1. The van der Waals surface area contributed by atoms with E-state index in [0.717, 1.165) is 11.3 Å². The van der Waals surface area contributed by atoms with E-state index in [-0.39, 0.29) is 16.7 Å². The number of nitrogens with zero attached hydrogens (tertiary/aromatic N) is 3. The molecule has 2 aromatic rings. The molecule has 1 aromatic carbocycles. The summed E-state index contributed by atoms with van der Waals surface area (Å²) in [6.07, 6.45) is 2.18. The van der Waals surface area contributed by atoms with Gasteiger partial charge in [-0.1, -0.05) is 6.92 Å². The molecule has 164 valence electrons. The number of rotatable bonds is 5. The van der Waals surface area contributed by atoms with E-state index in [1.807, 2.05) is 39.0 Å². The summed E-state index contributed by atoms with van der Waals surface area (Å²) < 4.78 is 36.3. The maximum Gasteiger partial charge on any atom is 0.269 e. The number of carbonyl (C=O) groups is 1. The number of aryl methyl sites for hydroxylation is 1. The van der Waals surface area contributed by atoms with Gasteiger partial charge in [-0.3, -0.25) is 9.10 Å². The average molecular weight is 434 g/mol. The fraction of sp³-hybridized carbons (Fsp3) is 0.500. The van der Waals surface area contributed by atoms with Crippen LogP contribution in [0.25, 0.3) is 0 Å². The van der Waals surface area contributed by atoms with Gasteiger partial charge in [-0.25, -0.2) is 8.42 Å². The van der Waals surface area contributed by atoms with Crippen molar-refractivity contribution in [2.24, 2.45) is 7.05 Å². The molecule has 0 saturated heterocycles. The van der Waals surface area contributed by atoms with Gasteiger partial charge in [0.2, 0.25) is 0 Å². The Morgan fingerprint density at radius 3 is 2.53 bits per heavy atom. The molecule has 0 spiro atoms. The van der Waals surface area contributed by atoms with Crippen LogP contribution in [-0.2, 0) is 17.1 Å². The summed E-state index contributed by atoms with van der Waals surface area (Å²) in [6, 6.07) is 7.03. The summed E-state index contributed by atoms with van der Waals surface area (Å²) in [7, 11) is 1.08. The predicted molar refractivity (Wildman–Crippen MR) is 118 cm³/mol. The Kier molecular flexibility index (Phi) is 5.66. The second-order valence-corrected chi connectivity index (χ2v) is 10.5. The van der Waals surface area contributed by atoms with Crippen molar-refractivity contribution < 1.29 is 17.9 Å². The highest BCUT2D eigenvalue weighted by atomic mass is 32.2. The number of benzene rings is 1. The van der Waals surface area contributed by atoms with Crippen LogP contribution in [0.2, 0.25) is 0 Å². The largest absolute Gasteiger partial charge is 0.494 e. The number of hydrogen-bond donors (Lipinski definition) is 0.